The van der Waals surface area contributed by atoms with Crippen molar-refractivity contribution in [2.45, 2.75) is 52.0 Å². The van der Waals surface area contributed by atoms with Crippen LogP contribution in [0.25, 0.3) is 0 Å². The highest BCUT2D eigenvalue weighted by Crippen LogP contribution is 2.21. The van der Waals surface area contributed by atoms with Crippen LogP contribution in [0.2, 0.25) is 0 Å². The first-order valence-corrected chi connectivity index (χ1v) is 9.93. The highest BCUT2D eigenvalue weighted by molar-refractivity contribution is 5.96. The topological polar surface area (TPSA) is 56.8 Å². The van der Waals surface area contributed by atoms with Crippen LogP contribution in [-0.2, 0) is 22.6 Å². The third kappa shape index (κ3) is 5.81. The highest BCUT2D eigenvalue weighted by atomic mass is 16.5. The molecule has 1 saturated heterocycles. The van der Waals surface area contributed by atoms with E-state index in [2.05, 4.69) is 5.32 Å². The Bertz CT molecular complexity index is 769. The summed E-state index contributed by atoms with van der Waals surface area (Å²) < 4.78 is 17.2. The predicted octanol–water partition coefficient (Wildman–Crippen LogP) is 4.10. The lowest BCUT2D eigenvalue weighted by atomic mass is 10.1. The van der Waals surface area contributed by atoms with E-state index < -0.39 is 0 Å². The predicted molar refractivity (Wildman–Crippen MR) is 108 cm³/mol. The van der Waals surface area contributed by atoms with Gasteiger partial charge in [-0.05, 0) is 49.9 Å². The second-order valence-corrected chi connectivity index (χ2v) is 7.25. The van der Waals surface area contributed by atoms with Crippen LogP contribution in [0, 0.1) is 0 Å². The molecule has 1 fully saturated rings. The summed E-state index contributed by atoms with van der Waals surface area (Å²) in [6.07, 6.45) is 2.35. The molecule has 28 heavy (non-hydrogen) atoms. The van der Waals surface area contributed by atoms with Crippen molar-refractivity contribution in [3.05, 3.63) is 65.2 Å². The van der Waals surface area contributed by atoms with Gasteiger partial charge in [0.05, 0.1) is 24.4 Å². The SMILES string of the molecule is CC(C)OCc1ccccc1CNC(=O)c1ccccc1OCC1CCCO1. The van der Waals surface area contributed by atoms with E-state index in [-0.39, 0.29) is 18.1 Å². The van der Waals surface area contributed by atoms with Crippen LogP contribution in [0.4, 0.5) is 0 Å². The summed E-state index contributed by atoms with van der Waals surface area (Å²) >= 11 is 0. The zero-order chi connectivity index (χ0) is 19.8. The molecule has 2 aromatic carbocycles. The molecule has 0 radical (unpaired) electrons. The summed E-state index contributed by atoms with van der Waals surface area (Å²) in [7, 11) is 0. The minimum Gasteiger partial charge on any atom is -0.490 e. The molecule has 3 rings (SSSR count). The van der Waals surface area contributed by atoms with Crippen LogP contribution in [-0.4, -0.2) is 31.3 Å². The Morgan fingerprint density at radius 1 is 1.14 bits per heavy atom. The Morgan fingerprint density at radius 3 is 2.64 bits per heavy atom. The monoisotopic (exact) mass is 383 g/mol. The molecular formula is C23H29NO4. The molecule has 1 unspecified atom stereocenters. The van der Waals surface area contributed by atoms with E-state index >= 15 is 0 Å². The number of nitrogens with one attached hydrogen (secondary N) is 1. The summed E-state index contributed by atoms with van der Waals surface area (Å²) in [4.78, 5) is 12.8. The van der Waals surface area contributed by atoms with Gasteiger partial charge in [-0.15, -0.1) is 0 Å². The number of amides is 1. The quantitative estimate of drug-likeness (QED) is 0.708. The average Bonchev–Trinajstić information content (AvgIpc) is 3.23. The molecule has 1 atom stereocenters. The minimum atomic E-state index is -0.150. The summed E-state index contributed by atoms with van der Waals surface area (Å²) in [5.74, 6) is 0.439. The average molecular weight is 383 g/mol. The standard InChI is InChI=1S/C23H29NO4/c1-17(2)27-15-19-9-4-3-8-18(19)14-24-23(25)21-11-5-6-12-22(21)28-16-20-10-7-13-26-20/h3-6,8-9,11-12,17,20H,7,10,13-16H2,1-2H3,(H,24,25). The maximum Gasteiger partial charge on any atom is 0.255 e. The molecule has 0 spiro atoms. The molecule has 5 nitrogen and oxygen atoms in total. The van der Waals surface area contributed by atoms with Crippen LogP contribution < -0.4 is 10.1 Å². The molecular weight excluding hydrogens is 354 g/mol. The van der Waals surface area contributed by atoms with Gasteiger partial charge in [-0.2, -0.15) is 0 Å². The summed E-state index contributed by atoms with van der Waals surface area (Å²) in [6.45, 7) is 6.26. The lowest BCUT2D eigenvalue weighted by Gasteiger charge is -2.15. The summed E-state index contributed by atoms with van der Waals surface area (Å²) in [6, 6.07) is 15.3. The fourth-order valence-electron chi connectivity index (χ4n) is 3.14. The Labute approximate surface area is 167 Å². The molecule has 150 valence electrons. The number of carbonyl (C=O) groups is 1. The van der Waals surface area contributed by atoms with E-state index in [0.717, 1.165) is 30.6 Å². The fourth-order valence-corrected chi connectivity index (χ4v) is 3.14. The number of hydrogen-bond acceptors (Lipinski definition) is 4. The maximum atomic E-state index is 12.8. The molecule has 0 bridgehead atoms. The Hall–Kier alpha value is -2.37. The van der Waals surface area contributed by atoms with Crippen LogP contribution in [0.3, 0.4) is 0 Å². The second-order valence-electron chi connectivity index (χ2n) is 7.25. The number of para-hydroxylation sites is 1. The van der Waals surface area contributed by atoms with E-state index in [0.29, 0.717) is 31.1 Å². The molecule has 1 amide bonds. The summed E-state index contributed by atoms with van der Waals surface area (Å²) in [5, 5.41) is 3.01. The van der Waals surface area contributed by atoms with Crippen molar-refractivity contribution in [1.82, 2.24) is 5.32 Å². The van der Waals surface area contributed by atoms with Crippen molar-refractivity contribution in [2.75, 3.05) is 13.2 Å². The molecule has 2 aromatic rings. The third-order valence-corrected chi connectivity index (χ3v) is 4.71. The Balaban J connectivity index is 1.61. The highest BCUT2D eigenvalue weighted by Gasteiger charge is 2.18. The molecule has 5 heteroatoms. The van der Waals surface area contributed by atoms with Gasteiger partial charge in [0.15, 0.2) is 0 Å². The number of hydrogen-bond donors (Lipinski definition) is 1. The van der Waals surface area contributed by atoms with Crippen molar-refractivity contribution in [3.8, 4) is 5.75 Å². The van der Waals surface area contributed by atoms with E-state index in [1.54, 1.807) is 6.07 Å². The molecule has 1 heterocycles. The third-order valence-electron chi connectivity index (χ3n) is 4.71. The van der Waals surface area contributed by atoms with Crippen LogP contribution in [0.15, 0.2) is 48.5 Å². The number of carbonyl (C=O) groups excluding carboxylic acids is 1. The number of rotatable bonds is 9. The Kier molecular flexibility index (Phi) is 7.46. The van der Waals surface area contributed by atoms with Gasteiger partial charge in [0, 0.05) is 13.2 Å². The number of benzene rings is 2. The van der Waals surface area contributed by atoms with Crippen molar-refractivity contribution >= 4 is 5.91 Å². The zero-order valence-corrected chi connectivity index (χ0v) is 16.6. The number of ether oxygens (including phenoxy) is 3. The summed E-state index contributed by atoms with van der Waals surface area (Å²) in [5.41, 5.74) is 2.67. The van der Waals surface area contributed by atoms with E-state index in [4.69, 9.17) is 14.2 Å². The molecule has 0 saturated carbocycles. The van der Waals surface area contributed by atoms with Crippen LogP contribution >= 0.6 is 0 Å². The first-order chi connectivity index (χ1) is 13.6. The van der Waals surface area contributed by atoms with Gasteiger partial charge in [0.1, 0.15) is 12.4 Å². The van der Waals surface area contributed by atoms with Gasteiger partial charge < -0.3 is 19.5 Å². The zero-order valence-electron chi connectivity index (χ0n) is 16.6. The van der Waals surface area contributed by atoms with Crippen LogP contribution in [0.1, 0.15) is 48.2 Å². The largest absolute Gasteiger partial charge is 0.490 e. The lowest BCUT2D eigenvalue weighted by Crippen LogP contribution is -2.25. The molecule has 1 aliphatic rings. The normalized spacial score (nSPS) is 16.3. The molecule has 1 aliphatic heterocycles. The first kappa shape index (κ1) is 20.4. The van der Waals surface area contributed by atoms with Crippen molar-refractivity contribution in [3.63, 3.8) is 0 Å². The minimum absolute atomic E-state index is 0.115. The van der Waals surface area contributed by atoms with Crippen LogP contribution in [0.5, 0.6) is 5.75 Å². The van der Waals surface area contributed by atoms with E-state index in [9.17, 15) is 4.79 Å². The van der Waals surface area contributed by atoms with E-state index in [1.807, 2.05) is 56.3 Å². The maximum absolute atomic E-state index is 12.8. The van der Waals surface area contributed by atoms with Gasteiger partial charge in [0.25, 0.3) is 5.91 Å². The van der Waals surface area contributed by atoms with Crippen molar-refractivity contribution < 1.29 is 19.0 Å². The van der Waals surface area contributed by atoms with E-state index in [1.165, 1.54) is 0 Å². The van der Waals surface area contributed by atoms with Gasteiger partial charge in [-0.25, -0.2) is 0 Å². The fraction of sp³-hybridized carbons (Fsp3) is 0.435. The van der Waals surface area contributed by atoms with Crippen molar-refractivity contribution in [2.24, 2.45) is 0 Å². The van der Waals surface area contributed by atoms with Gasteiger partial charge >= 0.3 is 0 Å². The van der Waals surface area contributed by atoms with Gasteiger partial charge in [0.2, 0.25) is 0 Å². The molecule has 0 aliphatic carbocycles. The van der Waals surface area contributed by atoms with Crippen molar-refractivity contribution in [1.29, 1.82) is 0 Å². The smallest absolute Gasteiger partial charge is 0.255 e. The second kappa shape index (κ2) is 10.2. The Morgan fingerprint density at radius 2 is 1.89 bits per heavy atom. The van der Waals surface area contributed by atoms with Gasteiger partial charge in [-0.1, -0.05) is 36.4 Å². The molecule has 1 N–H and O–H groups in total. The molecule has 0 aromatic heterocycles. The van der Waals surface area contributed by atoms with Gasteiger partial charge in [-0.3, -0.25) is 4.79 Å². The lowest BCUT2D eigenvalue weighted by molar-refractivity contribution is 0.0651. The first-order valence-electron chi connectivity index (χ1n) is 9.93.